The molecule has 1 amide bonds. The number of aliphatic hydroxyl groups excluding tert-OH is 1. The van der Waals surface area contributed by atoms with Crippen LogP contribution in [0.2, 0.25) is 0 Å². The van der Waals surface area contributed by atoms with E-state index in [1.807, 2.05) is 6.92 Å². The average Bonchev–Trinajstić information content (AvgIpc) is 2.82. The third-order valence-electron chi connectivity index (χ3n) is 4.55. The molecule has 1 saturated heterocycles. The fourth-order valence-electron chi connectivity index (χ4n) is 3.23. The van der Waals surface area contributed by atoms with Crippen molar-refractivity contribution in [3.8, 4) is 0 Å². The number of hydrogen-bond acceptors (Lipinski definition) is 3. The molecule has 0 aromatic carbocycles. The van der Waals surface area contributed by atoms with Crippen molar-refractivity contribution in [1.29, 1.82) is 0 Å². The van der Waals surface area contributed by atoms with Crippen LogP contribution in [0.25, 0.3) is 0 Å². The molecule has 2 aliphatic rings. The Bertz CT molecular complexity index is 282. The van der Waals surface area contributed by atoms with Gasteiger partial charge in [0.1, 0.15) is 0 Å². The number of amides is 1. The Hall–Kier alpha value is -0.610. The molecule has 4 unspecified atom stereocenters. The first-order chi connectivity index (χ1) is 8.72. The molecule has 18 heavy (non-hydrogen) atoms. The Balaban J connectivity index is 1.77. The van der Waals surface area contributed by atoms with Crippen molar-refractivity contribution in [3.05, 3.63) is 0 Å². The molecular weight excluding hydrogens is 230 g/mol. The molecular formula is C14H25NO3. The van der Waals surface area contributed by atoms with Crippen LogP contribution in [0.4, 0.5) is 0 Å². The van der Waals surface area contributed by atoms with E-state index in [1.54, 1.807) is 0 Å². The Kier molecular flexibility index (Phi) is 5.01. The van der Waals surface area contributed by atoms with Gasteiger partial charge >= 0.3 is 0 Å². The normalized spacial score (nSPS) is 36.6. The van der Waals surface area contributed by atoms with Crippen molar-refractivity contribution >= 4 is 5.91 Å². The van der Waals surface area contributed by atoms with Gasteiger partial charge in [0.25, 0.3) is 0 Å². The SMILES string of the molecule is CC1OCCC1C(=O)NCC1CCCCC1CO. The molecule has 1 aliphatic carbocycles. The lowest BCUT2D eigenvalue weighted by molar-refractivity contribution is -0.126. The molecule has 1 aliphatic heterocycles. The summed E-state index contributed by atoms with van der Waals surface area (Å²) in [5, 5.41) is 12.4. The van der Waals surface area contributed by atoms with E-state index in [9.17, 15) is 9.90 Å². The molecule has 4 heteroatoms. The third kappa shape index (κ3) is 3.23. The van der Waals surface area contributed by atoms with Gasteiger partial charge in [0.2, 0.25) is 5.91 Å². The number of ether oxygens (including phenoxy) is 1. The molecule has 2 rings (SSSR count). The molecule has 0 radical (unpaired) electrons. The van der Waals surface area contributed by atoms with Crippen LogP contribution in [-0.4, -0.2) is 36.9 Å². The number of rotatable bonds is 4. The van der Waals surface area contributed by atoms with Gasteiger partial charge in [-0.25, -0.2) is 0 Å². The predicted octanol–water partition coefficient (Wildman–Crippen LogP) is 1.33. The summed E-state index contributed by atoms with van der Waals surface area (Å²) in [5.74, 6) is 0.963. The summed E-state index contributed by atoms with van der Waals surface area (Å²) < 4.78 is 5.42. The van der Waals surface area contributed by atoms with Gasteiger partial charge in [-0.3, -0.25) is 4.79 Å². The zero-order valence-corrected chi connectivity index (χ0v) is 11.2. The maximum Gasteiger partial charge on any atom is 0.225 e. The van der Waals surface area contributed by atoms with Crippen LogP contribution in [0, 0.1) is 17.8 Å². The van der Waals surface area contributed by atoms with E-state index in [-0.39, 0.29) is 24.5 Å². The van der Waals surface area contributed by atoms with Gasteiger partial charge in [0.15, 0.2) is 0 Å². The Morgan fingerprint density at radius 1 is 1.28 bits per heavy atom. The fourth-order valence-corrected chi connectivity index (χ4v) is 3.23. The van der Waals surface area contributed by atoms with E-state index in [4.69, 9.17) is 4.74 Å². The lowest BCUT2D eigenvalue weighted by Crippen LogP contribution is -2.40. The lowest BCUT2D eigenvalue weighted by Gasteiger charge is -2.30. The van der Waals surface area contributed by atoms with E-state index in [0.717, 1.165) is 19.3 Å². The van der Waals surface area contributed by atoms with Gasteiger partial charge in [-0.1, -0.05) is 12.8 Å². The van der Waals surface area contributed by atoms with Crippen LogP contribution in [0.5, 0.6) is 0 Å². The Labute approximate surface area is 109 Å². The lowest BCUT2D eigenvalue weighted by atomic mass is 9.79. The summed E-state index contributed by atoms with van der Waals surface area (Å²) in [5.41, 5.74) is 0. The maximum atomic E-state index is 12.0. The highest BCUT2D eigenvalue weighted by molar-refractivity contribution is 5.79. The Morgan fingerprint density at radius 2 is 2.00 bits per heavy atom. The highest BCUT2D eigenvalue weighted by Gasteiger charge is 2.31. The van der Waals surface area contributed by atoms with Crippen LogP contribution in [0.1, 0.15) is 39.0 Å². The van der Waals surface area contributed by atoms with Crippen LogP contribution >= 0.6 is 0 Å². The van der Waals surface area contributed by atoms with Crippen molar-refractivity contribution < 1.29 is 14.6 Å². The minimum absolute atomic E-state index is 0.0150. The number of carbonyl (C=O) groups excluding carboxylic acids is 1. The summed E-state index contributed by atoms with van der Waals surface area (Å²) in [6.45, 7) is 3.63. The molecule has 0 aromatic heterocycles. The summed E-state index contributed by atoms with van der Waals surface area (Å²) >= 11 is 0. The highest BCUT2D eigenvalue weighted by Crippen LogP contribution is 2.29. The second-order valence-corrected chi connectivity index (χ2v) is 5.70. The van der Waals surface area contributed by atoms with Gasteiger partial charge in [0, 0.05) is 19.8 Å². The molecule has 1 heterocycles. The number of nitrogens with one attached hydrogen (secondary N) is 1. The largest absolute Gasteiger partial charge is 0.396 e. The van der Waals surface area contributed by atoms with E-state index in [2.05, 4.69) is 5.32 Å². The van der Waals surface area contributed by atoms with Crippen molar-refractivity contribution in [1.82, 2.24) is 5.32 Å². The van der Waals surface area contributed by atoms with Gasteiger partial charge in [-0.05, 0) is 38.0 Å². The van der Waals surface area contributed by atoms with E-state index in [1.165, 1.54) is 12.8 Å². The summed E-state index contributed by atoms with van der Waals surface area (Å²) in [6, 6.07) is 0. The van der Waals surface area contributed by atoms with Crippen molar-refractivity contribution in [3.63, 3.8) is 0 Å². The highest BCUT2D eigenvalue weighted by atomic mass is 16.5. The zero-order valence-electron chi connectivity index (χ0n) is 11.2. The van der Waals surface area contributed by atoms with Gasteiger partial charge < -0.3 is 15.2 Å². The summed E-state index contributed by atoms with van der Waals surface area (Å²) in [4.78, 5) is 12.0. The molecule has 2 N–H and O–H groups in total. The summed E-state index contributed by atoms with van der Waals surface area (Å²) in [6.07, 6.45) is 5.54. The van der Waals surface area contributed by atoms with Crippen molar-refractivity contribution in [2.75, 3.05) is 19.8 Å². The van der Waals surface area contributed by atoms with Gasteiger partial charge in [0.05, 0.1) is 12.0 Å². The second kappa shape index (κ2) is 6.53. The first-order valence-electron chi connectivity index (χ1n) is 7.22. The quantitative estimate of drug-likeness (QED) is 0.796. The van der Waals surface area contributed by atoms with Gasteiger partial charge in [-0.2, -0.15) is 0 Å². The fraction of sp³-hybridized carbons (Fsp3) is 0.929. The van der Waals surface area contributed by atoms with E-state index in [0.29, 0.717) is 25.0 Å². The minimum Gasteiger partial charge on any atom is -0.396 e. The molecule has 0 bridgehead atoms. The second-order valence-electron chi connectivity index (χ2n) is 5.70. The maximum absolute atomic E-state index is 12.0. The smallest absolute Gasteiger partial charge is 0.225 e. The molecule has 104 valence electrons. The average molecular weight is 255 g/mol. The van der Waals surface area contributed by atoms with E-state index < -0.39 is 0 Å². The van der Waals surface area contributed by atoms with Crippen molar-refractivity contribution in [2.24, 2.45) is 17.8 Å². The van der Waals surface area contributed by atoms with E-state index >= 15 is 0 Å². The molecule has 0 spiro atoms. The first-order valence-corrected chi connectivity index (χ1v) is 7.22. The Morgan fingerprint density at radius 3 is 2.61 bits per heavy atom. The third-order valence-corrected chi connectivity index (χ3v) is 4.55. The monoisotopic (exact) mass is 255 g/mol. The predicted molar refractivity (Wildman–Crippen MR) is 69.1 cm³/mol. The number of hydrogen-bond donors (Lipinski definition) is 2. The standard InChI is InChI=1S/C14H25NO3/c1-10-13(6-7-18-10)14(17)15-8-11-4-2-3-5-12(11)9-16/h10-13,16H,2-9H2,1H3,(H,15,17). The summed E-state index contributed by atoms with van der Waals surface area (Å²) in [7, 11) is 0. The number of aliphatic hydroxyl groups is 1. The molecule has 2 fully saturated rings. The van der Waals surface area contributed by atoms with Crippen LogP contribution in [0.15, 0.2) is 0 Å². The van der Waals surface area contributed by atoms with Crippen LogP contribution in [0.3, 0.4) is 0 Å². The number of carbonyl (C=O) groups is 1. The molecule has 4 atom stereocenters. The van der Waals surface area contributed by atoms with Crippen molar-refractivity contribution in [2.45, 2.75) is 45.1 Å². The topological polar surface area (TPSA) is 58.6 Å². The van der Waals surface area contributed by atoms with Gasteiger partial charge in [-0.15, -0.1) is 0 Å². The van der Waals surface area contributed by atoms with Crippen LogP contribution < -0.4 is 5.32 Å². The molecule has 1 saturated carbocycles. The molecule has 0 aromatic rings. The molecule has 4 nitrogen and oxygen atoms in total. The van der Waals surface area contributed by atoms with Crippen LogP contribution in [-0.2, 0) is 9.53 Å². The minimum atomic E-state index is 0.0150. The first kappa shape index (κ1) is 13.8. The zero-order chi connectivity index (χ0) is 13.0.